The molecule has 0 bridgehead atoms. The summed E-state index contributed by atoms with van der Waals surface area (Å²) in [4.78, 5) is 31.2. The SMILES string of the molecule is Cc1cnc2ccc(C(C)N3CCN(c4c(C#N)c(=O)n(C)n5cc(CC#N)nc45)C(C)C3)cc2n1. The lowest BCUT2D eigenvalue weighted by atomic mass is 10.0. The Labute approximate surface area is 208 Å². The minimum Gasteiger partial charge on any atom is -0.362 e. The van der Waals surface area contributed by atoms with Gasteiger partial charge in [-0.3, -0.25) is 14.7 Å². The van der Waals surface area contributed by atoms with Crippen LogP contribution in [0.5, 0.6) is 0 Å². The minimum atomic E-state index is -0.378. The van der Waals surface area contributed by atoms with E-state index in [-0.39, 0.29) is 29.6 Å². The molecule has 5 rings (SSSR count). The molecule has 1 aliphatic rings. The van der Waals surface area contributed by atoms with Crippen molar-refractivity contribution in [3.8, 4) is 12.1 Å². The Morgan fingerprint density at radius 3 is 2.72 bits per heavy atom. The molecule has 10 heteroatoms. The number of hydrogen-bond acceptors (Lipinski definition) is 8. The molecule has 1 aliphatic heterocycles. The van der Waals surface area contributed by atoms with Gasteiger partial charge in [-0.15, -0.1) is 0 Å². The summed E-state index contributed by atoms with van der Waals surface area (Å²) >= 11 is 0. The summed E-state index contributed by atoms with van der Waals surface area (Å²) in [6, 6.07) is 10.6. The fourth-order valence-corrected chi connectivity index (χ4v) is 5.08. The highest BCUT2D eigenvalue weighted by Crippen LogP contribution is 2.31. The van der Waals surface area contributed by atoms with E-state index in [1.54, 1.807) is 24.0 Å². The van der Waals surface area contributed by atoms with Crippen molar-refractivity contribution in [1.29, 1.82) is 10.5 Å². The van der Waals surface area contributed by atoms with Crippen LogP contribution in [-0.2, 0) is 13.5 Å². The number of benzene rings is 1. The lowest BCUT2D eigenvalue weighted by molar-refractivity contribution is 0.176. The highest BCUT2D eigenvalue weighted by atomic mass is 16.1. The van der Waals surface area contributed by atoms with E-state index in [1.807, 2.05) is 13.0 Å². The number of nitriles is 2. The van der Waals surface area contributed by atoms with E-state index in [4.69, 9.17) is 5.26 Å². The first kappa shape index (κ1) is 23.5. The molecule has 10 nitrogen and oxygen atoms in total. The van der Waals surface area contributed by atoms with Crippen LogP contribution in [0.15, 0.2) is 35.4 Å². The van der Waals surface area contributed by atoms with Gasteiger partial charge in [0.2, 0.25) is 0 Å². The summed E-state index contributed by atoms with van der Waals surface area (Å²) in [5.41, 5.74) is 5.16. The van der Waals surface area contributed by atoms with Crippen molar-refractivity contribution < 1.29 is 0 Å². The Morgan fingerprint density at radius 2 is 2.00 bits per heavy atom. The predicted octanol–water partition coefficient (Wildman–Crippen LogP) is 2.49. The Balaban J connectivity index is 1.47. The zero-order chi connectivity index (χ0) is 25.6. The number of aryl methyl sites for hydroxylation is 2. The summed E-state index contributed by atoms with van der Waals surface area (Å²) in [5, 5.41) is 19.0. The molecule has 1 fully saturated rings. The smallest absolute Gasteiger partial charge is 0.285 e. The molecule has 0 amide bonds. The van der Waals surface area contributed by atoms with Gasteiger partial charge in [0.15, 0.2) is 5.65 Å². The second-order valence-corrected chi connectivity index (χ2v) is 9.37. The summed E-state index contributed by atoms with van der Waals surface area (Å²) in [6.07, 6.45) is 3.60. The molecular formula is C26H27N9O. The minimum absolute atomic E-state index is 0.0304. The molecule has 0 spiro atoms. The number of imidazole rings is 1. The Morgan fingerprint density at radius 1 is 1.19 bits per heavy atom. The third-order valence-electron chi connectivity index (χ3n) is 7.05. The van der Waals surface area contributed by atoms with Gasteiger partial charge in [0.25, 0.3) is 5.56 Å². The van der Waals surface area contributed by atoms with Crippen molar-refractivity contribution in [3.05, 3.63) is 63.5 Å². The monoisotopic (exact) mass is 481 g/mol. The van der Waals surface area contributed by atoms with Gasteiger partial charge < -0.3 is 4.90 Å². The summed E-state index contributed by atoms with van der Waals surface area (Å²) in [6.45, 7) is 8.36. The predicted molar refractivity (Wildman–Crippen MR) is 136 cm³/mol. The van der Waals surface area contributed by atoms with Gasteiger partial charge in [-0.2, -0.15) is 10.5 Å². The maximum absolute atomic E-state index is 13.0. The third-order valence-corrected chi connectivity index (χ3v) is 7.05. The average molecular weight is 482 g/mol. The Bertz CT molecular complexity index is 1620. The van der Waals surface area contributed by atoms with E-state index in [0.29, 0.717) is 23.6 Å². The molecule has 2 atom stereocenters. The van der Waals surface area contributed by atoms with E-state index in [9.17, 15) is 10.1 Å². The van der Waals surface area contributed by atoms with Gasteiger partial charge in [0, 0.05) is 45.0 Å². The largest absolute Gasteiger partial charge is 0.362 e. The van der Waals surface area contributed by atoms with Crippen molar-refractivity contribution >= 4 is 22.4 Å². The zero-order valence-electron chi connectivity index (χ0n) is 20.8. The first-order chi connectivity index (χ1) is 17.3. The molecule has 0 radical (unpaired) electrons. The fraction of sp³-hybridized carbons (Fsp3) is 0.385. The molecule has 0 aliphatic carbocycles. The second-order valence-electron chi connectivity index (χ2n) is 9.37. The molecule has 36 heavy (non-hydrogen) atoms. The molecule has 2 unspecified atom stereocenters. The number of fused-ring (bicyclic) bond motifs is 2. The van der Waals surface area contributed by atoms with E-state index in [2.05, 4.69) is 62.9 Å². The molecule has 3 aromatic heterocycles. The maximum Gasteiger partial charge on any atom is 0.285 e. The lowest BCUT2D eigenvalue weighted by Crippen LogP contribution is -2.53. The van der Waals surface area contributed by atoms with Crippen LogP contribution in [0.2, 0.25) is 0 Å². The van der Waals surface area contributed by atoms with E-state index >= 15 is 0 Å². The van der Waals surface area contributed by atoms with Crippen LogP contribution < -0.4 is 10.5 Å². The quantitative estimate of drug-likeness (QED) is 0.436. The highest BCUT2D eigenvalue weighted by Gasteiger charge is 2.32. The van der Waals surface area contributed by atoms with Crippen molar-refractivity contribution in [2.75, 3.05) is 24.5 Å². The van der Waals surface area contributed by atoms with Gasteiger partial charge in [0.05, 0.1) is 41.1 Å². The zero-order valence-corrected chi connectivity index (χ0v) is 20.8. The van der Waals surface area contributed by atoms with Crippen molar-refractivity contribution in [3.63, 3.8) is 0 Å². The topological polar surface area (TPSA) is 119 Å². The third kappa shape index (κ3) is 3.86. The molecule has 182 valence electrons. The van der Waals surface area contributed by atoms with E-state index in [0.717, 1.165) is 29.8 Å². The highest BCUT2D eigenvalue weighted by molar-refractivity contribution is 5.76. The maximum atomic E-state index is 13.0. The van der Waals surface area contributed by atoms with Crippen molar-refractivity contribution in [2.45, 2.75) is 39.3 Å². The van der Waals surface area contributed by atoms with E-state index < -0.39 is 0 Å². The first-order valence-electron chi connectivity index (χ1n) is 11.9. The first-order valence-corrected chi connectivity index (χ1v) is 11.9. The van der Waals surface area contributed by atoms with Crippen LogP contribution in [0.1, 0.15) is 42.4 Å². The van der Waals surface area contributed by atoms with Crippen LogP contribution in [0.3, 0.4) is 0 Å². The average Bonchev–Trinajstić information content (AvgIpc) is 3.29. The molecule has 1 saturated heterocycles. The summed E-state index contributed by atoms with van der Waals surface area (Å²) in [7, 11) is 1.61. The Kier molecular flexibility index (Phi) is 5.91. The Hall–Kier alpha value is -4.28. The number of aromatic nitrogens is 5. The number of rotatable bonds is 4. The van der Waals surface area contributed by atoms with Gasteiger partial charge in [-0.25, -0.2) is 19.2 Å². The molecule has 0 saturated carbocycles. The van der Waals surface area contributed by atoms with Crippen molar-refractivity contribution in [2.24, 2.45) is 7.05 Å². The summed E-state index contributed by atoms with van der Waals surface area (Å²) in [5.74, 6) is 0. The second kappa shape index (κ2) is 9.06. The molecular weight excluding hydrogens is 454 g/mol. The molecule has 4 aromatic rings. The van der Waals surface area contributed by atoms with Crippen molar-refractivity contribution in [1.82, 2.24) is 29.0 Å². The van der Waals surface area contributed by atoms with E-state index in [1.165, 1.54) is 10.2 Å². The van der Waals surface area contributed by atoms with Crippen LogP contribution >= 0.6 is 0 Å². The van der Waals surface area contributed by atoms with Crippen LogP contribution in [0, 0.1) is 29.6 Å². The van der Waals surface area contributed by atoms with Crippen LogP contribution in [0.25, 0.3) is 16.7 Å². The molecule has 0 N–H and O–H groups in total. The molecule has 4 heterocycles. The number of nitrogens with zero attached hydrogens (tertiary/aromatic N) is 9. The van der Waals surface area contributed by atoms with Crippen LogP contribution in [-0.4, -0.2) is 54.7 Å². The van der Waals surface area contributed by atoms with Gasteiger partial charge in [0.1, 0.15) is 17.3 Å². The van der Waals surface area contributed by atoms with Gasteiger partial charge in [-0.1, -0.05) is 6.07 Å². The molecule has 1 aromatic carbocycles. The standard InChI is InChI=1S/C26H27N9O/c1-16-13-29-22-6-5-19(11-23(22)30-16)18(3)33-9-10-34(17(2)14-33)24-21(12-28)26(36)32(4)35-15-20(7-8-27)31-25(24)35/h5-6,11,13,15,17-18H,7,9-10,14H2,1-4H3. The fourth-order valence-electron chi connectivity index (χ4n) is 5.08. The van der Waals surface area contributed by atoms with Gasteiger partial charge >= 0.3 is 0 Å². The number of anilines is 1. The lowest BCUT2D eigenvalue weighted by Gasteiger charge is -2.43. The summed E-state index contributed by atoms with van der Waals surface area (Å²) < 4.78 is 3.02. The number of hydrogen-bond donors (Lipinski definition) is 0. The van der Waals surface area contributed by atoms with Crippen LogP contribution in [0.4, 0.5) is 5.69 Å². The number of piperazine rings is 1. The normalized spacial score (nSPS) is 17.3. The van der Waals surface area contributed by atoms with Gasteiger partial charge in [-0.05, 0) is 38.5 Å².